The topological polar surface area (TPSA) is 20.2 Å². The molecule has 1 nitrogen and oxygen atoms in total. The molecule has 120 valence electrons. The van der Waals surface area contributed by atoms with Gasteiger partial charge in [-0.3, -0.25) is 0 Å². The molecule has 1 N–H and O–H groups in total. The molecule has 0 aliphatic carbocycles. The van der Waals surface area contributed by atoms with Crippen LogP contribution < -0.4 is 0 Å². The Bertz CT molecular complexity index is 587. The first-order valence-electron chi connectivity index (χ1n) is 6.66. The van der Waals surface area contributed by atoms with Crippen LogP contribution >= 0.6 is 23.5 Å². The van der Waals surface area contributed by atoms with Crippen molar-refractivity contribution < 1.29 is 13.9 Å². The van der Waals surface area contributed by atoms with Crippen LogP contribution in [0.3, 0.4) is 0 Å². The zero-order valence-corrected chi connectivity index (χ0v) is 14.7. The van der Waals surface area contributed by atoms with Gasteiger partial charge in [0.15, 0.2) is 0 Å². The maximum Gasteiger partial charge on any atom is 0.139 e. The Hall–Kier alpha value is -1.20. The normalized spacial score (nSPS) is 10.1. The second kappa shape index (κ2) is 9.06. The van der Waals surface area contributed by atoms with Crippen LogP contribution in [0.4, 0.5) is 8.78 Å². The van der Waals surface area contributed by atoms with Crippen LogP contribution in [-0.2, 0) is 5.75 Å². The Kier molecular flexibility index (Phi) is 7.76. The Morgan fingerprint density at radius 3 is 1.86 bits per heavy atom. The third-order valence-electron chi connectivity index (χ3n) is 3.09. The third-order valence-corrected chi connectivity index (χ3v) is 4.47. The summed E-state index contributed by atoms with van der Waals surface area (Å²) in [6.45, 7) is 4.08. The zero-order chi connectivity index (χ0) is 16.7. The fourth-order valence-electron chi connectivity index (χ4n) is 2.02. The molecular formula is C17H20F2OS2. The Balaban J connectivity index is 0.000000224. The van der Waals surface area contributed by atoms with Gasteiger partial charge in [-0.1, -0.05) is 6.07 Å². The predicted octanol–water partition coefficient (Wildman–Crippen LogP) is 5.56. The average Bonchev–Trinajstić information content (AvgIpc) is 2.44. The van der Waals surface area contributed by atoms with Gasteiger partial charge in [0.1, 0.15) is 17.4 Å². The van der Waals surface area contributed by atoms with E-state index in [1.807, 2.05) is 37.7 Å². The third kappa shape index (κ3) is 5.21. The number of thioether (sulfide) groups is 2. The van der Waals surface area contributed by atoms with E-state index in [0.717, 1.165) is 17.5 Å². The van der Waals surface area contributed by atoms with Crippen LogP contribution in [0.15, 0.2) is 35.2 Å². The number of hydrogen-bond acceptors (Lipinski definition) is 3. The predicted molar refractivity (Wildman–Crippen MR) is 92.9 cm³/mol. The molecule has 0 unspecified atom stereocenters. The Morgan fingerprint density at radius 2 is 1.50 bits per heavy atom. The van der Waals surface area contributed by atoms with Crippen molar-refractivity contribution in [2.45, 2.75) is 24.5 Å². The van der Waals surface area contributed by atoms with E-state index in [4.69, 9.17) is 0 Å². The first kappa shape index (κ1) is 18.8. The standard InChI is InChI=1S/C10H14OS.C7H6F2S/c1-7-4-9(11)5-8(2)10(7)6-12-3;1-10-7-5(8)3-2-4-6(7)9/h4-5,11H,6H2,1-3H3;2-4H,1H3. The van der Waals surface area contributed by atoms with Crippen LogP contribution in [-0.4, -0.2) is 17.6 Å². The van der Waals surface area contributed by atoms with Crippen LogP contribution in [0.1, 0.15) is 16.7 Å². The summed E-state index contributed by atoms with van der Waals surface area (Å²) in [5.74, 6) is 0.410. The summed E-state index contributed by atoms with van der Waals surface area (Å²) in [5.41, 5.74) is 3.71. The van der Waals surface area contributed by atoms with Gasteiger partial charge in [-0.25, -0.2) is 8.78 Å². The van der Waals surface area contributed by atoms with E-state index < -0.39 is 11.6 Å². The molecule has 0 fully saturated rings. The van der Waals surface area contributed by atoms with Crippen molar-refractivity contribution in [3.05, 3.63) is 58.7 Å². The second-order valence-corrected chi connectivity index (χ2v) is 6.43. The summed E-state index contributed by atoms with van der Waals surface area (Å²) in [6.07, 6.45) is 3.73. The Labute approximate surface area is 139 Å². The van der Waals surface area contributed by atoms with Crippen molar-refractivity contribution in [2.75, 3.05) is 12.5 Å². The van der Waals surface area contributed by atoms with Gasteiger partial charge in [0, 0.05) is 5.75 Å². The molecule has 0 radical (unpaired) electrons. The summed E-state index contributed by atoms with van der Waals surface area (Å²) in [6, 6.07) is 7.48. The van der Waals surface area contributed by atoms with Gasteiger partial charge in [0.05, 0.1) is 4.90 Å². The van der Waals surface area contributed by atoms with Crippen LogP contribution in [0.25, 0.3) is 0 Å². The second-order valence-electron chi connectivity index (χ2n) is 4.75. The number of phenols is 1. The molecule has 22 heavy (non-hydrogen) atoms. The van der Waals surface area contributed by atoms with Crippen molar-refractivity contribution in [3.63, 3.8) is 0 Å². The zero-order valence-electron chi connectivity index (χ0n) is 13.1. The number of benzene rings is 2. The lowest BCUT2D eigenvalue weighted by atomic mass is 10.0. The van der Waals surface area contributed by atoms with E-state index >= 15 is 0 Å². The first-order chi connectivity index (χ1) is 10.4. The highest BCUT2D eigenvalue weighted by Gasteiger charge is 2.05. The molecule has 0 atom stereocenters. The lowest BCUT2D eigenvalue weighted by Gasteiger charge is -2.08. The molecule has 5 heteroatoms. The maximum absolute atomic E-state index is 12.6. The lowest BCUT2D eigenvalue weighted by molar-refractivity contribution is 0.474. The van der Waals surface area contributed by atoms with Gasteiger partial charge >= 0.3 is 0 Å². The maximum atomic E-state index is 12.6. The minimum Gasteiger partial charge on any atom is -0.508 e. The average molecular weight is 342 g/mol. The van der Waals surface area contributed by atoms with Gasteiger partial charge in [-0.15, -0.1) is 11.8 Å². The molecule has 0 heterocycles. The van der Waals surface area contributed by atoms with Gasteiger partial charge in [0.2, 0.25) is 0 Å². The quantitative estimate of drug-likeness (QED) is 0.738. The van der Waals surface area contributed by atoms with Crippen LogP contribution in [0, 0.1) is 25.5 Å². The van der Waals surface area contributed by atoms with Crippen LogP contribution in [0.5, 0.6) is 5.75 Å². The molecule has 2 aromatic rings. The number of rotatable bonds is 3. The van der Waals surface area contributed by atoms with Crippen molar-refractivity contribution >= 4 is 23.5 Å². The Morgan fingerprint density at radius 1 is 1.00 bits per heavy atom. The molecule has 0 saturated heterocycles. The van der Waals surface area contributed by atoms with Crippen molar-refractivity contribution in [1.82, 2.24) is 0 Å². The number of aromatic hydroxyl groups is 1. The van der Waals surface area contributed by atoms with E-state index in [-0.39, 0.29) is 4.90 Å². The summed E-state index contributed by atoms with van der Waals surface area (Å²) in [7, 11) is 0. The fourth-order valence-corrected chi connectivity index (χ4v) is 3.29. The van der Waals surface area contributed by atoms with Crippen molar-refractivity contribution in [1.29, 1.82) is 0 Å². The summed E-state index contributed by atoms with van der Waals surface area (Å²) in [4.78, 5) is 0.0856. The van der Waals surface area contributed by atoms with E-state index in [9.17, 15) is 13.9 Å². The highest BCUT2D eigenvalue weighted by molar-refractivity contribution is 7.98. The molecule has 2 aromatic carbocycles. The molecule has 0 aliphatic rings. The minimum atomic E-state index is -0.493. The number of hydrogen-bond donors (Lipinski definition) is 1. The van der Waals surface area contributed by atoms with Crippen molar-refractivity contribution in [2.24, 2.45) is 0 Å². The first-order valence-corrected chi connectivity index (χ1v) is 9.28. The smallest absolute Gasteiger partial charge is 0.139 e. The van der Waals surface area contributed by atoms with Gasteiger partial charge in [-0.2, -0.15) is 11.8 Å². The molecule has 0 spiro atoms. The molecular weight excluding hydrogens is 322 g/mol. The SMILES string of the molecule is CSCc1c(C)cc(O)cc1C.CSc1c(F)cccc1F. The number of aryl methyl sites for hydroxylation is 2. The van der Waals surface area contributed by atoms with E-state index in [1.54, 1.807) is 6.26 Å². The van der Waals surface area contributed by atoms with E-state index in [2.05, 4.69) is 6.26 Å². The van der Waals surface area contributed by atoms with Gasteiger partial charge in [-0.05, 0) is 67.3 Å². The largest absolute Gasteiger partial charge is 0.508 e. The molecule has 2 rings (SSSR count). The lowest BCUT2D eigenvalue weighted by Crippen LogP contribution is -1.90. The van der Waals surface area contributed by atoms with Crippen LogP contribution in [0.2, 0.25) is 0 Å². The monoisotopic (exact) mass is 342 g/mol. The minimum absolute atomic E-state index is 0.0856. The summed E-state index contributed by atoms with van der Waals surface area (Å²) in [5, 5.41) is 9.28. The van der Waals surface area contributed by atoms with E-state index in [1.165, 1.54) is 34.9 Å². The fraction of sp³-hybridized carbons (Fsp3) is 0.294. The van der Waals surface area contributed by atoms with Crippen molar-refractivity contribution in [3.8, 4) is 5.75 Å². The molecule has 0 amide bonds. The van der Waals surface area contributed by atoms with E-state index in [0.29, 0.717) is 5.75 Å². The molecule has 0 bridgehead atoms. The number of halogens is 2. The summed E-state index contributed by atoms with van der Waals surface area (Å²) >= 11 is 2.88. The summed E-state index contributed by atoms with van der Waals surface area (Å²) < 4.78 is 25.2. The molecule has 0 saturated carbocycles. The molecule has 0 aliphatic heterocycles. The van der Waals surface area contributed by atoms with Gasteiger partial charge < -0.3 is 5.11 Å². The number of phenolic OH excluding ortho intramolecular Hbond substituents is 1. The molecule has 0 aromatic heterocycles. The highest BCUT2D eigenvalue weighted by atomic mass is 32.2. The van der Waals surface area contributed by atoms with Gasteiger partial charge in [0.25, 0.3) is 0 Å². The highest BCUT2D eigenvalue weighted by Crippen LogP contribution is 2.23.